The van der Waals surface area contributed by atoms with Crippen molar-refractivity contribution < 1.29 is 8.42 Å². The second-order valence-electron chi connectivity index (χ2n) is 3.09. The molecule has 0 aromatic heterocycles. The third kappa shape index (κ3) is 3.14. The molecule has 0 radical (unpaired) electrons. The van der Waals surface area contributed by atoms with E-state index in [1.54, 1.807) is 25.1 Å². The van der Waals surface area contributed by atoms with Crippen molar-refractivity contribution in [2.24, 2.45) is 0 Å². The van der Waals surface area contributed by atoms with E-state index in [9.17, 15) is 8.42 Å². The molecule has 0 spiro atoms. The Balaban J connectivity index is 3.00. The SMILES string of the molecule is Cc1ccc(N)cc1NS(=O)(=O)CC#N. The molecule has 0 saturated heterocycles. The van der Waals surface area contributed by atoms with Crippen LogP contribution in [0.2, 0.25) is 0 Å². The van der Waals surface area contributed by atoms with Gasteiger partial charge in [0.05, 0.1) is 11.8 Å². The first-order chi connectivity index (χ1) is 6.94. The van der Waals surface area contributed by atoms with Crippen LogP contribution in [0.1, 0.15) is 5.56 Å². The summed E-state index contributed by atoms with van der Waals surface area (Å²) in [5.74, 6) is -0.568. The Labute approximate surface area is 88.6 Å². The highest BCUT2D eigenvalue weighted by Crippen LogP contribution is 2.19. The van der Waals surface area contributed by atoms with Gasteiger partial charge in [-0.1, -0.05) is 6.07 Å². The molecule has 80 valence electrons. The fraction of sp³-hybridized carbons (Fsp3) is 0.222. The first-order valence-corrected chi connectivity index (χ1v) is 5.83. The van der Waals surface area contributed by atoms with Gasteiger partial charge in [0.2, 0.25) is 10.0 Å². The molecule has 1 rings (SSSR count). The maximum atomic E-state index is 11.3. The van der Waals surface area contributed by atoms with Crippen LogP contribution in [0.3, 0.4) is 0 Å². The second-order valence-corrected chi connectivity index (χ2v) is 4.82. The Morgan fingerprint density at radius 2 is 2.20 bits per heavy atom. The fourth-order valence-electron chi connectivity index (χ4n) is 1.04. The van der Waals surface area contributed by atoms with Crippen molar-refractivity contribution in [2.45, 2.75) is 6.92 Å². The molecule has 6 heteroatoms. The summed E-state index contributed by atoms with van der Waals surface area (Å²) in [6, 6.07) is 6.48. The Bertz CT molecular complexity index is 503. The molecule has 0 amide bonds. The van der Waals surface area contributed by atoms with E-state index in [0.29, 0.717) is 11.4 Å². The van der Waals surface area contributed by atoms with E-state index in [0.717, 1.165) is 5.56 Å². The number of hydrogen-bond donors (Lipinski definition) is 2. The van der Waals surface area contributed by atoms with Crippen LogP contribution in [0.15, 0.2) is 18.2 Å². The van der Waals surface area contributed by atoms with E-state index >= 15 is 0 Å². The lowest BCUT2D eigenvalue weighted by atomic mass is 10.2. The van der Waals surface area contributed by atoms with Gasteiger partial charge in [0, 0.05) is 5.69 Å². The molecule has 0 atom stereocenters. The van der Waals surface area contributed by atoms with Gasteiger partial charge in [0.25, 0.3) is 0 Å². The maximum Gasteiger partial charge on any atom is 0.246 e. The molecule has 0 unspecified atom stereocenters. The van der Waals surface area contributed by atoms with E-state index in [1.807, 2.05) is 0 Å². The number of aryl methyl sites for hydroxylation is 1. The summed E-state index contributed by atoms with van der Waals surface area (Å²) in [6.45, 7) is 1.75. The third-order valence-corrected chi connectivity index (χ3v) is 2.82. The molecule has 3 N–H and O–H groups in total. The van der Waals surface area contributed by atoms with Crippen LogP contribution in [0.4, 0.5) is 11.4 Å². The van der Waals surface area contributed by atoms with Crippen LogP contribution in [0, 0.1) is 18.3 Å². The zero-order valence-electron chi connectivity index (χ0n) is 8.19. The number of nitrogens with one attached hydrogen (secondary N) is 1. The number of anilines is 2. The topological polar surface area (TPSA) is 96.0 Å². The predicted octanol–water partition coefficient (Wildman–Crippen LogP) is 0.843. The van der Waals surface area contributed by atoms with Gasteiger partial charge in [0.1, 0.15) is 0 Å². The molecule has 0 aliphatic heterocycles. The van der Waals surface area contributed by atoms with Gasteiger partial charge in [-0.2, -0.15) is 5.26 Å². The fourth-order valence-corrected chi connectivity index (χ4v) is 1.84. The lowest BCUT2D eigenvalue weighted by molar-refractivity contribution is 0.604. The van der Waals surface area contributed by atoms with Crippen molar-refractivity contribution in [1.29, 1.82) is 5.26 Å². The molecule has 15 heavy (non-hydrogen) atoms. The van der Waals surface area contributed by atoms with Gasteiger partial charge in [-0.15, -0.1) is 0 Å². The van der Waals surface area contributed by atoms with Crippen LogP contribution >= 0.6 is 0 Å². The van der Waals surface area contributed by atoms with E-state index in [-0.39, 0.29) is 0 Å². The third-order valence-electron chi connectivity index (χ3n) is 1.78. The summed E-state index contributed by atoms with van der Waals surface area (Å²) >= 11 is 0. The van der Waals surface area contributed by atoms with Crippen molar-refractivity contribution in [3.05, 3.63) is 23.8 Å². The minimum Gasteiger partial charge on any atom is -0.399 e. The number of nitrogen functional groups attached to an aromatic ring is 1. The number of sulfonamides is 1. The van der Waals surface area contributed by atoms with Gasteiger partial charge < -0.3 is 5.73 Å². The number of nitrogens with two attached hydrogens (primary N) is 1. The average Bonchev–Trinajstić information content (AvgIpc) is 2.10. The summed E-state index contributed by atoms with van der Waals surface area (Å²) in [5, 5.41) is 8.31. The summed E-state index contributed by atoms with van der Waals surface area (Å²) in [4.78, 5) is 0. The van der Waals surface area contributed by atoms with Crippen LogP contribution in [0.25, 0.3) is 0 Å². The largest absolute Gasteiger partial charge is 0.399 e. The van der Waals surface area contributed by atoms with Crippen molar-refractivity contribution in [3.8, 4) is 6.07 Å². The smallest absolute Gasteiger partial charge is 0.246 e. The standard InChI is InChI=1S/C9H11N3O2S/c1-7-2-3-8(11)6-9(7)12-15(13,14)5-4-10/h2-3,6,12H,5,11H2,1H3. The molecule has 0 saturated carbocycles. The van der Waals surface area contributed by atoms with Crippen molar-refractivity contribution in [2.75, 3.05) is 16.2 Å². The summed E-state index contributed by atoms with van der Waals surface area (Å²) in [6.07, 6.45) is 0. The molecule has 0 heterocycles. The number of rotatable bonds is 3. The predicted molar refractivity (Wildman–Crippen MR) is 58.6 cm³/mol. The van der Waals surface area contributed by atoms with Gasteiger partial charge in [-0.25, -0.2) is 8.42 Å². The Hall–Kier alpha value is -1.74. The van der Waals surface area contributed by atoms with Crippen LogP contribution in [0.5, 0.6) is 0 Å². The highest BCUT2D eigenvalue weighted by Gasteiger charge is 2.10. The van der Waals surface area contributed by atoms with Crippen LogP contribution in [-0.2, 0) is 10.0 Å². The van der Waals surface area contributed by atoms with Gasteiger partial charge in [0.15, 0.2) is 5.75 Å². The molecular formula is C9H11N3O2S. The summed E-state index contributed by atoms with van der Waals surface area (Å²) in [5.41, 5.74) is 7.15. The van der Waals surface area contributed by atoms with Crippen molar-refractivity contribution in [3.63, 3.8) is 0 Å². The van der Waals surface area contributed by atoms with E-state index < -0.39 is 15.8 Å². The summed E-state index contributed by atoms with van der Waals surface area (Å²) in [7, 11) is -3.59. The molecule has 1 aromatic rings. The lowest BCUT2D eigenvalue weighted by Gasteiger charge is -2.08. The Morgan fingerprint density at radius 1 is 1.53 bits per heavy atom. The normalized spacial score (nSPS) is 10.7. The molecule has 5 nitrogen and oxygen atoms in total. The average molecular weight is 225 g/mol. The van der Waals surface area contributed by atoms with E-state index in [1.165, 1.54) is 6.07 Å². The van der Waals surface area contributed by atoms with Gasteiger partial charge in [-0.3, -0.25) is 4.72 Å². The van der Waals surface area contributed by atoms with Crippen LogP contribution in [-0.4, -0.2) is 14.2 Å². The molecule has 0 aliphatic rings. The number of nitriles is 1. The first kappa shape index (κ1) is 11.3. The van der Waals surface area contributed by atoms with Gasteiger partial charge in [-0.05, 0) is 24.6 Å². The van der Waals surface area contributed by atoms with Gasteiger partial charge >= 0.3 is 0 Å². The van der Waals surface area contributed by atoms with Crippen molar-refractivity contribution >= 4 is 21.4 Å². The van der Waals surface area contributed by atoms with Crippen molar-refractivity contribution in [1.82, 2.24) is 0 Å². The number of hydrogen-bond acceptors (Lipinski definition) is 4. The molecular weight excluding hydrogens is 214 g/mol. The molecule has 1 aromatic carbocycles. The first-order valence-electron chi connectivity index (χ1n) is 4.18. The zero-order chi connectivity index (χ0) is 11.5. The second kappa shape index (κ2) is 4.19. The van der Waals surface area contributed by atoms with E-state index in [4.69, 9.17) is 11.0 Å². The quantitative estimate of drug-likeness (QED) is 0.745. The molecule has 0 fully saturated rings. The lowest BCUT2D eigenvalue weighted by Crippen LogP contribution is -2.16. The Morgan fingerprint density at radius 3 is 2.80 bits per heavy atom. The monoisotopic (exact) mass is 225 g/mol. The highest BCUT2D eigenvalue weighted by atomic mass is 32.2. The number of nitrogens with zero attached hydrogens (tertiary/aromatic N) is 1. The molecule has 0 aliphatic carbocycles. The maximum absolute atomic E-state index is 11.3. The minimum atomic E-state index is -3.59. The highest BCUT2D eigenvalue weighted by molar-refractivity contribution is 7.92. The van der Waals surface area contributed by atoms with E-state index in [2.05, 4.69) is 4.72 Å². The summed E-state index contributed by atoms with van der Waals surface area (Å²) < 4.78 is 24.9. The molecule has 0 bridgehead atoms. The number of benzene rings is 1. The van der Waals surface area contributed by atoms with Crippen LogP contribution < -0.4 is 10.5 Å². The Kier molecular flexibility index (Phi) is 3.17. The minimum absolute atomic E-state index is 0.408. The zero-order valence-corrected chi connectivity index (χ0v) is 9.00.